The van der Waals surface area contributed by atoms with E-state index >= 15 is 0 Å². The summed E-state index contributed by atoms with van der Waals surface area (Å²) in [6, 6.07) is 2.85. The minimum absolute atomic E-state index is 0.0412. The molecule has 0 aliphatic heterocycles. The molecule has 1 aromatic rings. The average molecular weight is 239 g/mol. The first-order valence-electron chi connectivity index (χ1n) is 5.55. The van der Waals surface area contributed by atoms with Crippen LogP contribution in [0.4, 0.5) is 17.3 Å². The molecular formula is C10H17N5O2. The second-order valence-electron chi connectivity index (χ2n) is 3.60. The van der Waals surface area contributed by atoms with Gasteiger partial charge in [-0.2, -0.15) is 0 Å². The van der Waals surface area contributed by atoms with Crippen molar-refractivity contribution in [2.45, 2.75) is 26.2 Å². The lowest BCUT2D eigenvalue weighted by atomic mass is 10.2. The predicted octanol–water partition coefficient (Wildman–Crippen LogP) is 1.88. The van der Waals surface area contributed by atoms with Gasteiger partial charge in [0.1, 0.15) is 5.82 Å². The fourth-order valence-corrected chi connectivity index (χ4v) is 1.39. The maximum Gasteiger partial charge on any atom is 0.311 e. The lowest BCUT2D eigenvalue weighted by Crippen LogP contribution is -2.11. The van der Waals surface area contributed by atoms with E-state index in [2.05, 4.69) is 22.7 Å². The van der Waals surface area contributed by atoms with Gasteiger partial charge in [0.05, 0.1) is 4.92 Å². The summed E-state index contributed by atoms with van der Waals surface area (Å²) < 4.78 is 0. The number of rotatable bonds is 7. The van der Waals surface area contributed by atoms with Crippen LogP contribution in [0.25, 0.3) is 0 Å². The minimum atomic E-state index is -0.463. The second-order valence-corrected chi connectivity index (χ2v) is 3.60. The van der Waals surface area contributed by atoms with E-state index < -0.39 is 4.92 Å². The van der Waals surface area contributed by atoms with Crippen LogP contribution in [0.1, 0.15) is 26.2 Å². The van der Waals surface area contributed by atoms with Gasteiger partial charge in [-0.15, -0.1) is 0 Å². The summed E-state index contributed by atoms with van der Waals surface area (Å²) in [6.45, 7) is 2.76. The number of nitro groups is 1. The largest absolute Gasteiger partial charge is 0.364 e. The molecule has 0 saturated carbocycles. The molecule has 0 aliphatic carbocycles. The van der Waals surface area contributed by atoms with Gasteiger partial charge < -0.3 is 10.7 Å². The summed E-state index contributed by atoms with van der Waals surface area (Å²) in [6.07, 6.45) is 3.13. The molecule has 0 aromatic carbocycles. The van der Waals surface area contributed by atoms with Crippen molar-refractivity contribution in [1.29, 1.82) is 0 Å². The topological polar surface area (TPSA) is 106 Å². The van der Waals surface area contributed by atoms with Crippen LogP contribution >= 0.6 is 0 Å². The number of hydrazine groups is 1. The van der Waals surface area contributed by atoms with Gasteiger partial charge in [-0.3, -0.25) is 10.1 Å². The Kier molecular flexibility index (Phi) is 5.15. The first kappa shape index (κ1) is 13.2. The number of nitrogens with one attached hydrogen (secondary N) is 2. The number of unbranched alkanes of at least 4 members (excludes halogenated alkanes) is 2. The lowest BCUT2D eigenvalue weighted by Gasteiger charge is -2.07. The molecule has 7 nitrogen and oxygen atoms in total. The smallest absolute Gasteiger partial charge is 0.311 e. The fraction of sp³-hybridized carbons (Fsp3) is 0.500. The maximum atomic E-state index is 10.8. The number of nitrogens with zero attached hydrogens (tertiary/aromatic N) is 2. The highest BCUT2D eigenvalue weighted by molar-refractivity contribution is 5.59. The van der Waals surface area contributed by atoms with Gasteiger partial charge in [-0.1, -0.05) is 19.8 Å². The Morgan fingerprint density at radius 1 is 1.47 bits per heavy atom. The van der Waals surface area contributed by atoms with Crippen LogP contribution in [0.2, 0.25) is 0 Å². The molecule has 4 N–H and O–H groups in total. The number of pyridine rings is 1. The van der Waals surface area contributed by atoms with E-state index in [1.54, 1.807) is 0 Å². The van der Waals surface area contributed by atoms with Crippen molar-refractivity contribution in [1.82, 2.24) is 4.98 Å². The molecule has 0 fully saturated rings. The normalized spacial score (nSPS) is 10.0. The molecule has 0 saturated heterocycles. The number of nitrogens with two attached hydrogens (primary N) is 1. The van der Waals surface area contributed by atoms with Gasteiger partial charge in [-0.25, -0.2) is 10.8 Å². The van der Waals surface area contributed by atoms with E-state index in [1.807, 2.05) is 0 Å². The SMILES string of the molecule is CCCCCNc1nc(NN)ccc1[N+](=O)[O-]. The fourth-order valence-electron chi connectivity index (χ4n) is 1.39. The Balaban J connectivity index is 2.75. The molecule has 0 atom stereocenters. The molecule has 94 valence electrons. The predicted molar refractivity (Wildman–Crippen MR) is 66.7 cm³/mol. The van der Waals surface area contributed by atoms with Crippen LogP contribution < -0.4 is 16.6 Å². The van der Waals surface area contributed by atoms with Crippen molar-refractivity contribution in [2.75, 3.05) is 17.3 Å². The molecular weight excluding hydrogens is 222 g/mol. The molecule has 17 heavy (non-hydrogen) atoms. The highest BCUT2D eigenvalue weighted by atomic mass is 16.6. The zero-order valence-electron chi connectivity index (χ0n) is 9.77. The van der Waals surface area contributed by atoms with Gasteiger partial charge in [0, 0.05) is 12.6 Å². The Labute approximate surface area is 99.5 Å². The first-order chi connectivity index (χ1) is 8.19. The minimum Gasteiger partial charge on any atom is -0.364 e. The van der Waals surface area contributed by atoms with Crippen LogP contribution in [-0.4, -0.2) is 16.5 Å². The van der Waals surface area contributed by atoms with Gasteiger partial charge in [0.2, 0.25) is 5.82 Å². The third-order valence-corrected chi connectivity index (χ3v) is 2.29. The van der Waals surface area contributed by atoms with Crippen molar-refractivity contribution in [2.24, 2.45) is 5.84 Å². The number of hydrogen-bond donors (Lipinski definition) is 3. The van der Waals surface area contributed by atoms with E-state index in [1.165, 1.54) is 12.1 Å². The Hall–Kier alpha value is -1.89. The van der Waals surface area contributed by atoms with Crippen molar-refractivity contribution >= 4 is 17.3 Å². The van der Waals surface area contributed by atoms with Crippen LogP contribution in [0.15, 0.2) is 12.1 Å². The van der Waals surface area contributed by atoms with Crippen LogP contribution in [0.3, 0.4) is 0 Å². The van der Waals surface area contributed by atoms with Gasteiger partial charge >= 0.3 is 5.69 Å². The van der Waals surface area contributed by atoms with Gasteiger partial charge in [0.15, 0.2) is 0 Å². The number of aromatic nitrogens is 1. The first-order valence-corrected chi connectivity index (χ1v) is 5.55. The zero-order chi connectivity index (χ0) is 12.7. The molecule has 0 amide bonds. The molecule has 0 unspecified atom stereocenters. The second kappa shape index (κ2) is 6.64. The lowest BCUT2D eigenvalue weighted by molar-refractivity contribution is -0.384. The quantitative estimate of drug-likeness (QED) is 0.290. The number of anilines is 2. The van der Waals surface area contributed by atoms with Crippen molar-refractivity contribution in [3.63, 3.8) is 0 Å². The summed E-state index contributed by atoms with van der Waals surface area (Å²) in [4.78, 5) is 14.3. The standard InChI is InChI=1S/C10H17N5O2/c1-2-3-4-7-12-10-8(15(16)17)5-6-9(13-10)14-11/h5-6H,2-4,7,11H2,1H3,(H2,12,13,14). The highest BCUT2D eigenvalue weighted by Gasteiger charge is 2.15. The van der Waals surface area contributed by atoms with E-state index in [9.17, 15) is 10.1 Å². The van der Waals surface area contributed by atoms with Crippen molar-refractivity contribution in [3.05, 3.63) is 22.2 Å². The summed E-state index contributed by atoms with van der Waals surface area (Å²) in [7, 11) is 0. The molecule has 1 rings (SSSR count). The maximum absolute atomic E-state index is 10.8. The third kappa shape index (κ3) is 3.87. The highest BCUT2D eigenvalue weighted by Crippen LogP contribution is 2.23. The zero-order valence-corrected chi connectivity index (χ0v) is 9.77. The summed E-state index contributed by atoms with van der Waals surface area (Å²) >= 11 is 0. The number of hydrogen-bond acceptors (Lipinski definition) is 6. The van der Waals surface area contributed by atoms with Crippen molar-refractivity contribution < 1.29 is 4.92 Å². The molecule has 0 aliphatic rings. The molecule has 0 spiro atoms. The average Bonchev–Trinajstić information content (AvgIpc) is 2.34. The van der Waals surface area contributed by atoms with E-state index in [-0.39, 0.29) is 11.5 Å². The Morgan fingerprint density at radius 2 is 2.24 bits per heavy atom. The Bertz CT molecular complexity index is 383. The van der Waals surface area contributed by atoms with E-state index in [4.69, 9.17) is 5.84 Å². The van der Waals surface area contributed by atoms with Crippen molar-refractivity contribution in [3.8, 4) is 0 Å². The third-order valence-electron chi connectivity index (χ3n) is 2.29. The monoisotopic (exact) mass is 239 g/mol. The summed E-state index contributed by atoms with van der Waals surface area (Å²) in [5.41, 5.74) is 2.32. The molecule has 0 radical (unpaired) electrons. The van der Waals surface area contributed by atoms with Crippen LogP contribution in [-0.2, 0) is 0 Å². The molecule has 7 heteroatoms. The number of nitrogen functional groups attached to an aromatic ring is 1. The van der Waals surface area contributed by atoms with E-state index in [0.29, 0.717) is 12.4 Å². The molecule has 1 aromatic heterocycles. The van der Waals surface area contributed by atoms with Gasteiger partial charge in [-0.05, 0) is 12.5 Å². The molecule has 0 bridgehead atoms. The molecule has 1 heterocycles. The summed E-state index contributed by atoms with van der Waals surface area (Å²) in [5.74, 6) is 5.86. The van der Waals surface area contributed by atoms with Crippen LogP contribution in [0.5, 0.6) is 0 Å². The van der Waals surface area contributed by atoms with Gasteiger partial charge in [0.25, 0.3) is 0 Å². The Morgan fingerprint density at radius 3 is 2.82 bits per heavy atom. The summed E-state index contributed by atoms with van der Waals surface area (Å²) in [5, 5.41) is 13.7. The van der Waals surface area contributed by atoms with Crippen LogP contribution in [0, 0.1) is 10.1 Å². The van der Waals surface area contributed by atoms with E-state index in [0.717, 1.165) is 19.3 Å².